The second-order valence-corrected chi connectivity index (χ2v) is 6.48. The van der Waals surface area contributed by atoms with E-state index in [4.69, 9.17) is 0 Å². The van der Waals surface area contributed by atoms with E-state index in [2.05, 4.69) is 11.8 Å². The maximum atomic E-state index is 13.1. The maximum Gasteiger partial charge on any atom is 0.187 e. The number of likely N-dealkylation sites (tertiary alicyclic amines) is 1. The standard InChI is InChI=1S/C22H21F2NO/c1-2-11-25-14-18(12-16-3-7-20(23)8-4-16)22(26)19(15-25)13-17-5-9-21(24)10-6-17/h3-10,12-13H,2,11,14-15H2,1H3/b18-12-,19-13-. The van der Waals surface area contributed by atoms with Crippen LogP contribution in [0.4, 0.5) is 8.78 Å². The van der Waals surface area contributed by atoms with Crippen molar-refractivity contribution in [3.05, 3.63) is 82.4 Å². The first kappa shape index (κ1) is 18.2. The number of hydrogen-bond donors (Lipinski definition) is 0. The van der Waals surface area contributed by atoms with Gasteiger partial charge >= 0.3 is 0 Å². The van der Waals surface area contributed by atoms with Gasteiger partial charge in [0.15, 0.2) is 5.78 Å². The van der Waals surface area contributed by atoms with E-state index in [0.717, 1.165) is 24.1 Å². The van der Waals surface area contributed by atoms with Crippen LogP contribution in [0.3, 0.4) is 0 Å². The largest absolute Gasteiger partial charge is 0.295 e. The van der Waals surface area contributed by atoms with Gasteiger partial charge in [-0.1, -0.05) is 31.2 Å². The number of rotatable bonds is 4. The molecule has 0 unspecified atom stereocenters. The first-order valence-corrected chi connectivity index (χ1v) is 8.74. The summed E-state index contributed by atoms with van der Waals surface area (Å²) in [5, 5.41) is 0. The summed E-state index contributed by atoms with van der Waals surface area (Å²) in [6.07, 6.45) is 4.63. The van der Waals surface area contributed by atoms with Gasteiger partial charge < -0.3 is 0 Å². The van der Waals surface area contributed by atoms with Crippen LogP contribution in [0.25, 0.3) is 12.2 Å². The predicted octanol–water partition coefficient (Wildman–Crippen LogP) is 4.73. The van der Waals surface area contributed by atoms with Gasteiger partial charge in [0, 0.05) is 24.2 Å². The molecule has 134 valence electrons. The van der Waals surface area contributed by atoms with Crippen molar-refractivity contribution < 1.29 is 13.6 Å². The Labute approximate surface area is 152 Å². The van der Waals surface area contributed by atoms with Crippen molar-refractivity contribution in [1.82, 2.24) is 4.90 Å². The molecule has 0 N–H and O–H groups in total. The van der Waals surface area contributed by atoms with Crippen molar-refractivity contribution in [3.8, 4) is 0 Å². The van der Waals surface area contributed by atoms with Crippen molar-refractivity contribution in [2.45, 2.75) is 13.3 Å². The highest BCUT2D eigenvalue weighted by molar-refractivity contribution is 6.14. The average Bonchev–Trinajstić information content (AvgIpc) is 2.63. The second-order valence-electron chi connectivity index (χ2n) is 6.48. The van der Waals surface area contributed by atoms with Crippen LogP contribution >= 0.6 is 0 Å². The smallest absolute Gasteiger partial charge is 0.187 e. The Balaban J connectivity index is 1.93. The summed E-state index contributed by atoms with van der Waals surface area (Å²) >= 11 is 0. The van der Waals surface area contributed by atoms with Crippen LogP contribution in [0.2, 0.25) is 0 Å². The van der Waals surface area contributed by atoms with Crippen LogP contribution in [-0.4, -0.2) is 30.3 Å². The van der Waals surface area contributed by atoms with E-state index in [9.17, 15) is 13.6 Å². The van der Waals surface area contributed by atoms with Gasteiger partial charge in [-0.25, -0.2) is 8.78 Å². The summed E-state index contributed by atoms with van der Waals surface area (Å²) in [5.74, 6) is -0.607. The van der Waals surface area contributed by atoms with Crippen molar-refractivity contribution in [2.75, 3.05) is 19.6 Å². The molecule has 0 radical (unpaired) electrons. The van der Waals surface area contributed by atoms with Crippen LogP contribution in [0.5, 0.6) is 0 Å². The van der Waals surface area contributed by atoms with Crippen molar-refractivity contribution in [2.24, 2.45) is 0 Å². The third-order valence-corrected chi connectivity index (χ3v) is 4.33. The molecule has 0 bridgehead atoms. The molecule has 2 aromatic rings. The Morgan fingerprint density at radius 3 is 1.65 bits per heavy atom. The maximum absolute atomic E-state index is 13.1. The molecule has 0 spiro atoms. The minimum absolute atomic E-state index is 0.00833. The lowest BCUT2D eigenvalue weighted by atomic mass is 9.94. The third kappa shape index (κ3) is 4.52. The molecule has 0 aliphatic carbocycles. The fourth-order valence-electron chi connectivity index (χ4n) is 3.10. The summed E-state index contributed by atoms with van der Waals surface area (Å²) in [5.41, 5.74) is 2.97. The number of ketones is 1. The summed E-state index contributed by atoms with van der Waals surface area (Å²) in [4.78, 5) is 15.1. The van der Waals surface area contributed by atoms with Gasteiger partial charge in [-0.3, -0.25) is 9.69 Å². The first-order chi connectivity index (χ1) is 12.5. The second kappa shape index (κ2) is 8.19. The van der Waals surface area contributed by atoms with Crippen LogP contribution in [0, 0.1) is 11.6 Å². The molecule has 0 aromatic heterocycles. The Morgan fingerprint density at radius 2 is 1.27 bits per heavy atom. The number of carbonyl (C=O) groups excluding carboxylic acids is 1. The molecule has 1 heterocycles. The van der Waals surface area contributed by atoms with Gasteiger partial charge in [0.2, 0.25) is 0 Å². The predicted molar refractivity (Wildman–Crippen MR) is 100 cm³/mol. The van der Waals surface area contributed by atoms with E-state index < -0.39 is 0 Å². The number of Topliss-reactive ketones (excluding diaryl/α,β-unsaturated/α-hetero) is 1. The molecule has 2 nitrogen and oxygen atoms in total. The van der Waals surface area contributed by atoms with E-state index >= 15 is 0 Å². The molecular formula is C22H21F2NO. The molecule has 26 heavy (non-hydrogen) atoms. The van der Waals surface area contributed by atoms with Crippen molar-refractivity contribution in [3.63, 3.8) is 0 Å². The quantitative estimate of drug-likeness (QED) is 0.741. The van der Waals surface area contributed by atoms with E-state index in [0.29, 0.717) is 24.2 Å². The molecule has 0 atom stereocenters. The molecular weight excluding hydrogens is 332 g/mol. The highest BCUT2D eigenvalue weighted by atomic mass is 19.1. The Bertz CT molecular complexity index is 768. The number of nitrogens with zero attached hydrogens (tertiary/aromatic N) is 1. The third-order valence-electron chi connectivity index (χ3n) is 4.33. The molecule has 0 amide bonds. The summed E-state index contributed by atoms with van der Waals surface area (Å²) in [7, 11) is 0. The fourth-order valence-corrected chi connectivity index (χ4v) is 3.10. The highest BCUT2D eigenvalue weighted by Gasteiger charge is 2.25. The zero-order valence-electron chi connectivity index (χ0n) is 14.7. The van der Waals surface area contributed by atoms with Crippen LogP contribution < -0.4 is 0 Å². The molecule has 4 heteroatoms. The zero-order valence-corrected chi connectivity index (χ0v) is 14.7. The Kier molecular flexibility index (Phi) is 5.74. The Morgan fingerprint density at radius 1 is 0.846 bits per heavy atom. The highest BCUT2D eigenvalue weighted by Crippen LogP contribution is 2.22. The lowest BCUT2D eigenvalue weighted by Gasteiger charge is -2.29. The van der Waals surface area contributed by atoms with E-state index in [1.807, 2.05) is 12.2 Å². The topological polar surface area (TPSA) is 20.3 Å². The van der Waals surface area contributed by atoms with E-state index in [1.165, 1.54) is 24.3 Å². The minimum Gasteiger partial charge on any atom is -0.295 e. The number of piperidine rings is 1. The van der Waals surface area contributed by atoms with Gasteiger partial charge in [0.05, 0.1) is 0 Å². The van der Waals surface area contributed by atoms with Gasteiger partial charge in [-0.15, -0.1) is 0 Å². The van der Waals surface area contributed by atoms with Crippen molar-refractivity contribution in [1.29, 1.82) is 0 Å². The summed E-state index contributed by atoms with van der Waals surface area (Å²) < 4.78 is 26.2. The molecule has 3 rings (SSSR count). The molecule has 1 aliphatic heterocycles. The minimum atomic E-state index is -0.299. The monoisotopic (exact) mass is 353 g/mol. The fraction of sp³-hybridized carbons (Fsp3) is 0.227. The van der Waals surface area contributed by atoms with E-state index in [1.54, 1.807) is 24.3 Å². The lowest BCUT2D eigenvalue weighted by molar-refractivity contribution is -0.113. The lowest BCUT2D eigenvalue weighted by Crippen LogP contribution is -2.38. The van der Waals surface area contributed by atoms with Gasteiger partial charge in [0.25, 0.3) is 0 Å². The summed E-state index contributed by atoms with van der Waals surface area (Å²) in [6.45, 7) is 4.13. The Hall–Kier alpha value is -2.59. The van der Waals surface area contributed by atoms with Crippen LogP contribution in [-0.2, 0) is 4.79 Å². The van der Waals surface area contributed by atoms with Crippen LogP contribution in [0.15, 0.2) is 59.7 Å². The SMILES string of the molecule is CCCN1C/C(=C/c2ccc(F)cc2)C(=O)/C(=C\c2ccc(F)cc2)C1. The normalized spacial score (nSPS) is 18.7. The van der Waals surface area contributed by atoms with Gasteiger partial charge in [0.1, 0.15) is 11.6 Å². The van der Waals surface area contributed by atoms with Gasteiger partial charge in [-0.05, 0) is 60.5 Å². The van der Waals surface area contributed by atoms with E-state index in [-0.39, 0.29) is 17.4 Å². The number of carbonyl (C=O) groups is 1. The van der Waals surface area contributed by atoms with Crippen molar-refractivity contribution >= 4 is 17.9 Å². The number of benzene rings is 2. The molecule has 1 aliphatic rings. The molecule has 2 aromatic carbocycles. The molecule has 0 saturated carbocycles. The first-order valence-electron chi connectivity index (χ1n) is 8.74. The van der Waals surface area contributed by atoms with Crippen LogP contribution in [0.1, 0.15) is 24.5 Å². The van der Waals surface area contributed by atoms with Gasteiger partial charge in [-0.2, -0.15) is 0 Å². The molecule has 1 saturated heterocycles. The number of hydrogen-bond acceptors (Lipinski definition) is 2. The molecule has 1 fully saturated rings. The zero-order chi connectivity index (χ0) is 18.5. The average molecular weight is 353 g/mol. The summed E-state index contributed by atoms with van der Waals surface area (Å²) in [6, 6.07) is 12.2. The number of halogens is 2.